The van der Waals surface area contributed by atoms with E-state index in [0.29, 0.717) is 11.4 Å². The van der Waals surface area contributed by atoms with Crippen molar-refractivity contribution in [1.29, 1.82) is 0 Å². The summed E-state index contributed by atoms with van der Waals surface area (Å²) >= 11 is 0. The smallest absolute Gasteiger partial charge is 0.262 e. The lowest BCUT2D eigenvalue weighted by molar-refractivity contribution is -0.118. The van der Waals surface area contributed by atoms with E-state index in [1.807, 2.05) is 24.3 Å². The maximum absolute atomic E-state index is 11.4. The van der Waals surface area contributed by atoms with E-state index in [-0.39, 0.29) is 12.5 Å². The number of hydrogen-bond acceptors (Lipinski definition) is 4. The molecule has 0 fully saturated rings. The first-order valence-corrected chi connectivity index (χ1v) is 9.00. The van der Waals surface area contributed by atoms with Crippen LogP contribution in [0.15, 0.2) is 30.3 Å². The van der Waals surface area contributed by atoms with E-state index in [2.05, 4.69) is 28.3 Å². The normalized spacial score (nSPS) is 15.8. The molecular weight excluding hydrogens is 328 g/mol. The Morgan fingerprint density at radius 3 is 3.00 bits per heavy atom. The molecule has 6 heteroatoms. The first kappa shape index (κ1) is 15.3. The number of nitrogens with zero attached hydrogens (tertiary/aromatic N) is 2. The number of ether oxygens (including phenoxy) is 1. The molecule has 0 spiro atoms. The van der Waals surface area contributed by atoms with Gasteiger partial charge in [0.05, 0.1) is 5.69 Å². The minimum absolute atomic E-state index is 0.0512. The van der Waals surface area contributed by atoms with E-state index in [0.717, 1.165) is 30.0 Å². The molecule has 3 aromatic rings. The number of rotatable bonds is 2. The quantitative estimate of drug-likeness (QED) is 0.743. The van der Waals surface area contributed by atoms with E-state index in [4.69, 9.17) is 9.72 Å². The molecule has 3 heterocycles. The van der Waals surface area contributed by atoms with Crippen molar-refractivity contribution in [3.63, 3.8) is 0 Å². The van der Waals surface area contributed by atoms with Gasteiger partial charge in [-0.1, -0.05) is 0 Å². The van der Waals surface area contributed by atoms with Crippen molar-refractivity contribution in [2.45, 2.75) is 25.7 Å². The molecule has 0 radical (unpaired) electrons. The van der Waals surface area contributed by atoms with E-state index in [1.165, 1.54) is 29.5 Å². The highest BCUT2D eigenvalue weighted by molar-refractivity contribution is 5.95. The summed E-state index contributed by atoms with van der Waals surface area (Å²) in [5, 5.41) is 7.42. The number of amides is 1. The number of pyridine rings is 1. The van der Waals surface area contributed by atoms with E-state index in [9.17, 15) is 4.79 Å². The lowest BCUT2D eigenvalue weighted by Gasteiger charge is -2.18. The fraction of sp³-hybridized carbons (Fsp3) is 0.300. The average Bonchev–Trinajstić information content (AvgIpc) is 2.94. The minimum Gasteiger partial charge on any atom is -0.482 e. The van der Waals surface area contributed by atoms with Crippen molar-refractivity contribution < 1.29 is 9.53 Å². The number of hydrogen-bond donors (Lipinski definition) is 2. The summed E-state index contributed by atoms with van der Waals surface area (Å²) < 4.78 is 7.72. The van der Waals surface area contributed by atoms with Crippen LogP contribution >= 0.6 is 0 Å². The van der Waals surface area contributed by atoms with Crippen LogP contribution in [0.3, 0.4) is 0 Å². The molecule has 0 unspecified atom stereocenters. The Balaban J connectivity index is 1.48. The van der Waals surface area contributed by atoms with E-state index < -0.39 is 0 Å². The third-order valence-electron chi connectivity index (χ3n) is 5.25. The predicted octanol–water partition coefficient (Wildman–Crippen LogP) is 3.53. The molecule has 1 aliphatic carbocycles. The van der Waals surface area contributed by atoms with Crippen LogP contribution < -0.4 is 15.4 Å². The number of carbonyl (C=O) groups excluding carboxylic acids is 1. The van der Waals surface area contributed by atoms with Crippen LogP contribution in [-0.4, -0.2) is 22.1 Å². The molecule has 26 heavy (non-hydrogen) atoms. The molecular formula is C20H20N4O2. The lowest BCUT2D eigenvalue weighted by atomic mass is 9.96. The van der Waals surface area contributed by atoms with Crippen LogP contribution in [0.2, 0.25) is 0 Å². The molecule has 1 aromatic carbocycles. The van der Waals surface area contributed by atoms with Gasteiger partial charge in [-0.25, -0.2) is 4.98 Å². The summed E-state index contributed by atoms with van der Waals surface area (Å²) in [5.41, 5.74) is 5.50. The molecule has 0 saturated carbocycles. The summed E-state index contributed by atoms with van der Waals surface area (Å²) in [4.78, 5) is 16.2. The van der Waals surface area contributed by atoms with Crippen LogP contribution in [-0.2, 0) is 24.7 Å². The first-order valence-electron chi connectivity index (χ1n) is 9.00. The van der Waals surface area contributed by atoms with Gasteiger partial charge < -0.3 is 19.9 Å². The standard InChI is InChI=1S/C20H20N4O2/c1-24-16-5-3-2-4-13(16)14-7-9-18(23-20(14)24)21-12-6-8-15-17(10-12)26-11-19(25)22-15/h6-10H,2-5,11H2,1H3,(H,21,23)(H,22,25). The Hall–Kier alpha value is -3.02. The Morgan fingerprint density at radius 1 is 1.19 bits per heavy atom. The summed E-state index contributed by atoms with van der Waals surface area (Å²) in [7, 11) is 2.11. The van der Waals surface area contributed by atoms with Gasteiger partial charge in [0.1, 0.15) is 17.2 Å². The van der Waals surface area contributed by atoms with Gasteiger partial charge in [-0.3, -0.25) is 4.79 Å². The third-order valence-corrected chi connectivity index (χ3v) is 5.25. The topological polar surface area (TPSA) is 68.2 Å². The first-order chi connectivity index (χ1) is 12.7. The highest BCUT2D eigenvalue weighted by Gasteiger charge is 2.20. The molecule has 1 aliphatic heterocycles. The van der Waals surface area contributed by atoms with Crippen molar-refractivity contribution in [2.24, 2.45) is 7.05 Å². The van der Waals surface area contributed by atoms with Gasteiger partial charge in [-0.05, 0) is 55.5 Å². The predicted molar refractivity (Wildman–Crippen MR) is 101 cm³/mol. The number of carbonyl (C=O) groups is 1. The van der Waals surface area contributed by atoms with Crippen molar-refractivity contribution in [3.05, 3.63) is 41.6 Å². The maximum atomic E-state index is 11.4. The molecule has 2 aromatic heterocycles. The number of benzene rings is 1. The van der Waals surface area contributed by atoms with Crippen molar-refractivity contribution in [3.8, 4) is 5.75 Å². The van der Waals surface area contributed by atoms with Gasteiger partial charge in [-0.15, -0.1) is 0 Å². The van der Waals surface area contributed by atoms with E-state index >= 15 is 0 Å². The van der Waals surface area contributed by atoms with Crippen molar-refractivity contribution >= 4 is 34.1 Å². The molecule has 0 bridgehead atoms. The van der Waals surface area contributed by atoms with Gasteiger partial charge in [0.15, 0.2) is 6.61 Å². The maximum Gasteiger partial charge on any atom is 0.262 e. The van der Waals surface area contributed by atoms with Crippen LogP contribution in [0.25, 0.3) is 11.0 Å². The second-order valence-corrected chi connectivity index (χ2v) is 6.93. The second-order valence-electron chi connectivity index (χ2n) is 6.93. The van der Waals surface area contributed by atoms with Gasteiger partial charge in [0.2, 0.25) is 0 Å². The van der Waals surface area contributed by atoms with Gasteiger partial charge in [-0.2, -0.15) is 0 Å². The fourth-order valence-electron chi connectivity index (χ4n) is 3.99. The van der Waals surface area contributed by atoms with Gasteiger partial charge in [0, 0.05) is 29.9 Å². The summed E-state index contributed by atoms with van der Waals surface area (Å²) in [5.74, 6) is 1.35. The number of anilines is 3. The van der Waals surface area contributed by atoms with Crippen molar-refractivity contribution in [2.75, 3.05) is 17.2 Å². The highest BCUT2D eigenvalue weighted by atomic mass is 16.5. The largest absolute Gasteiger partial charge is 0.482 e. The number of fused-ring (bicyclic) bond motifs is 4. The Labute approximate surface area is 151 Å². The minimum atomic E-state index is -0.127. The number of aryl methyl sites for hydroxylation is 2. The highest BCUT2D eigenvalue weighted by Crippen LogP contribution is 2.33. The second kappa shape index (κ2) is 5.76. The molecule has 0 atom stereocenters. The molecule has 1 amide bonds. The molecule has 5 rings (SSSR count). The zero-order chi connectivity index (χ0) is 17.7. The molecule has 132 valence electrons. The number of aromatic nitrogens is 2. The SMILES string of the molecule is Cn1c2c(c3ccc(Nc4ccc5c(c4)OCC(=O)N5)nc31)CCCC2. The van der Waals surface area contributed by atoms with Crippen LogP contribution in [0, 0.1) is 0 Å². The zero-order valence-corrected chi connectivity index (χ0v) is 14.6. The molecule has 2 aliphatic rings. The average molecular weight is 348 g/mol. The summed E-state index contributed by atoms with van der Waals surface area (Å²) in [6.45, 7) is 0.0512. The summed E-state index contributed by atoms with van der Waals surface area (Å²) in [6.07, 6.45) is 4.81. The Morgan fingerprint density at radius 2 is 2.08 bits per heavy atom. The monoisotopic (exact) mass is 348 g/mol. The van der Waals surface area contributed by atoms with Gasteiger partial charge >= 0.3 is 0 Å². The van der Waals surface area contributed by atoms with Crippen LogP contribution in [0.5, 0.6) is 5.75 Å². The van der Waals surface area contributed by atoms with E-state index in [1.54, 1.807) is 0 Å². The Kier molecular flexibility index (Phi) is 3.38. The molecule has 0 saturated heterocycles. The lowest BCUT2D eigenvalue weighted by Crippen LogP contribution is -2.25. The summed E-state index contributed by atoms with van der Waals surface area (Å²) in [6, 6.07) is 9.84. The van der Waals surface area contributed by atoms with Gasteiger partial charge in [0.25, 0.3) is 5.91 Å². The fourth-order valence-corrected chi connectivity index (χ4v) is 3.99. The van der Waals surface area contributed by atoms with Crippen LogP contribution in [0.4, 0.5) is 17.2 Å². The molecule has 6 nitrogen and oxygen atoms in total. The third kappa shape index (κ3) is 2.41. The zero-order valence-electron chi connectivity index (χ0n) is 14.6. The van der Waals surface area contributed by atoms with Crippen molar-refractivity contribution in [1.82, 2.24) is 9.55 Å². The van der Waals surface area contributed by atoms with Crippen LogP contribution in [0.1, 0.15) is 24.1 Å². The molecule has 2 N–H and O–H groups in total. The number of nitrogens with one attached hydrogen (secondary N) is 2. The Bertz CT molecular complexity index is 1040.